The minimum absolute atomic E-state index is 0.0557. The third-order valence-electron chi connectivity index (χ3n) is 2.67. The van der Waals surface area contributed by atoms with Crippen LogP contribution >= 0.6 is 23.2 Å². The topological polar surface area (TPSA) is 50.4 Å². The molecule has 0 saturated heterocycles. The van der Waals surface area contributed by atoms with Gasteiger partial charge >= 0.3 is 6.03 Å². The van der Waals surface area contributed by atoms with Crippen LogP contribution in [0.1, 0.15) is 5.56 Å². The van der Waals surface area contributed by atoms with Crippen LogP contribution < -0.4 is 15.4 Å². The molecule has 0 aliphatic heterocycles. The van der Waals surface area contributed by atoms with E-state index in [9.17, 15) is 4.79 Å². The molecule has 0 aromatic heterocycles. The number of aryl methyl sites for hydroxylation is 1. The van der Waals surface area contributed by atoms with E-state index in [0.29, 0.717) is 21.5 Å². The molecule has 2 amide bonds. The van der Waals surface area contributed by atoms with Crippen molar-refractivity contribution in [3.05, 3.63) is 58.1 Å². The minimum Gasteiger partial charge on any atom is -0.473 e. The molecule has 21 heavy (non-hydrogen) atoms. The highest BCUT2D eigenvalue weighted by atomic mass is 35.5. The molecule has 6 heteroatoms. The number of carbonyl (C=O) groups excluding carboxylic acids is 1. The van der Waals surface area contributed by atoms with E-state index in [0.717, 1.165) is 5.56 Å². The molecular formula is C15H14Cl2N2O2. The Kier molecular flexibility index (Phi) is 5.31. The van der Waals surface area contributed by atoms with Crippen molar-refractivity contribution in [3.8, 4) is 5.75 Å². The molecule has 0 radical (unpaired) electrons. The fourth-order valence-electron chi connectivity index (χ4n) is 1.58. The van der Waals surface area contributed by atoms with Crippen molar-refractivity contribution in [2.24, 2.45) is 0 Å². The highest BCUT2D eigenvalue weighted by molar-refractivity contribution is 6.36. The van der Waals surface area contributed by atoms with Gasteiger partial charge in [0.1, 0.15) is 5.75 Å². The Morgan fingerprint density at radius 1 is 1.14 bits per heavy atom. The van der Waals surface area contributed by atoms with Crippen LogP contribution in [0.2, 0.25) is 10.0 Å². The van der Waals surface area contributed by atoms with E-state index < -0.39 is 6.03 Å². The quantitative estimate of drug-likeness (QED) is 0.816. The molecule has 0 bridgehead atoms. The minimum atomic E-state index is -0.411. The van der Waals surface area contributed by atoms with Gasteiger partial charge in [0, 0.05) is 5.02 Å². The predicted octanol–water partition coefficient (Wildman–Crippen LogP) is 4.46. The van der Waals surface area contributed by atoms with E-state index in [1.165, 1.54) is 0 Å². The van der Waals surface area contributed by atoms with Crippen molar-refractivity contribution in [2.75, 3.05) is 12.0 Å². The predicted molar refractivity (Wildman–Crippen MR) is 85.3 cm³/mol. The second kappa shape index (κ2) is 7.20. The number of hydrogen-bond donors (Lipinski definition) is 2. The highest BCUT2D eigenvalue weighted by Crippen LogP contribution is 2.25. The van der Waals surface area contributed by atoms with Gasteiger partial charge in [0.2, 0.25) is 0 Å². The molecule has 0 spiro atoms. The van der Waals surface area contributed by atoms with Gasteiger partial charge in [-0.15, -0.1) is 0 Å². The van der Waals surface area contributed by atoms with Crippen molar-refractivity contribution >= 4 is 34.9 Å². The first-order chi connectivity index (χ1) is 10.0. The molecular weight excluding hydrogens is 311 g/mol. The Balaban J connectivity index is 1.81. The lowest BCUT2D eigenvalue weighted by molar-refractivity contribution is 0.234. The molecule has 0 fully saturated rings. The van der Waals surface area contributed by atoms with Gasteiger partial charge in [0.15, 0.2) is 6.73 Å². The third kappa shape index (κ3) is 4.85. The maximum atomic E-state index is 11.7. The van der Waals surface area contributed by atoms with Gasteiger partial charge in [-0.25, -0.2) is 4.79 Å². The van der Waals surface area contributed by atoms with Crippen LogP contribution in [0.3, 0.4) is 0 Å². The van der Waals surface area contributed by atoms with Crippen LogP contribution in [0.25, 0.3) is 0 Å². The summed E-state index contributed by atoms with van der Waals surface area (Å²) in [6, 6.07) is 12.0. The molecule has 2 aromatic rings. The molecule has 4 nitrogen and oxygen atoms in total. The van der Waals surface area contributed by atoms with Crippen LogP contribution in [0.5, 0.6) is 5.75 Å². The monoisotopic (exact) mass is 324 g/mol. The van der Waals surface area contributed by atoms with Gasteiger partial charge in [-0.05, 0) is 37.3 Å². The lowest BCUT2D eigenvalue weighted by Crippen LogP contribution is -2.32. The number of carbonyl (C=O) groups is 1. The summed E-state index contributed by atoms with van der Waals surface area (Å²) in [6.45, 7) is 2.05. The highest BCUT2D eigenvalue weighted by Gasteiger charge is 2.05. The van der Waals surface area contributed by atoms with Crippen LogP contribution in [0.4, 0.5) is 10.5 Å². The summed E-state index contributed by atoms with van der Waals surface area (Å²) >= 11 is 11.7. The molecule has 2 N–H and O–H groups in total. The van der Waals surface area contributed by atoms with Gasteiger partial charge in [0.25, 0.3) is 0 Å². The van der Waals surface area contributed by atoms with Crippen molar-refractivity contribution in [2.45, 2.75) is 6.92 Å². The molecule has 0 atom stereocenters. The zero-order chi connectivity index (χ0) is 15.2. The Morgan fingerprint density at radius 3 is 2.52 bits per heavy atom. The maximum absolute atomic E-state index is 11.7. The number of benzene rings is 2. The van der Waals surface area contributed by atoms with Crippen molar-refractivity contribution < 1.29 is 9.53 Å². The van der Waals surface area contributed by atoms with Gasteiger partial charge in [0.05, 0.1) is 10.7 Å². The fraction of sp³-hybridized carbons (Fsp3) is 0.133. The Hall–Kier alpha value is -1.91. The lowest BCUT2D eigenvalue weighted by atomic mass is 10.2. The zero-order valence-electron chi connectivity index (χ0n) is 11.3. The molecule has 110 valence electrons. The van der Waals surface area contributed by atoms with Crippen LogP contribution in [-0.2, 0) is 0 Å². The van der Waals surface area contributed by atoms with Gasteiger partial charge in [-0.2, -0.15) is 0 Å². The molecule has 0 saturated carbocycles. The summed E-state index contributed by atoms with van der Waals surface area (Å²) in [6.07, 6.45) is 0. The summed E-state index contributed by atoms with van der Waals surface area (Å²) in [4.78, 5) is 11.7. The van der Waals surface area contributed by atoms with Gasteiger partial charge < -0.3 is 15.4 Å². The summed E-state index contributed by atoms with van der Waals surface area (Å²) in [5.74, 6) is 0.686. The van der Waals surface area contributed by atoms with E-state index in [1.807, 2.05) is 31.2 Å². The average molecular weight is 325 g/mol. The molecule has 0 aliphatic carbocycles. The van der Waals surface area contributed by atoms with E-state index in [-0.39, 0.29) is 6.73 Å². The number of rotatable bonds is 4. The first-order valence-electron chi connectivity index (χ1n) is 6.24. The van der Waals surface area contributed by atoms with Crippen LogP contribution in [0, 0.1) is 6.92 Å². The smallest absolute Gasteiger partial charge is 0.321 e. The summed E-state index contributed by atoms with van der Waals surface area (Å²) in [5, 5.41) is 6.06. The Morgan fingerprint density at radius 2 is 1.86 bits per heavy atom. The normalized spacial score (nSPS) is 10.0. The van der Waals surface area contributed by atoms with E-state index in [4.69, 9.17) is 27.9 Å². The molecule has 0 heterocycles. The van der Waals surface area contributed by atoms with Crippen molar-refractivity contribution in [1.29, 1.82) is 0 Å². The number of urea groups is 1. The first kappa shape index (κ1) is 15.5. The van der Waals surface area contributed by atoms with Crippen molar-refractivity contribution in [3.63, 3.8) is 0 Å². The van der Waals surface area contributed by atoms with Gasteiger partial charge in [-0.3, -0.25) is 0 Å². The second-order valence-electron chi connectivity index (χ2n) is 4.36. The third-order valence-corrected chi connectivity index (χ3v) is 3.22. The largest absolute Gasteiger partial charge is 0.473 e. The van der Waals surface area contributed by atoms with E-state index >= 15 is 0 Å². The molecule has 2 aromatic carbocycles. The Bertz CT molecular complexity index is 630. The first-order valence-corrected chi connectivity index (χ1v) is 6.99. The standard InChI is InChI=1S/C15H14Cl2N2O2/c1-10-2-5-12(6-3-10)21-9-18-15(20)19-14-7-4-11(16)8-13(14)17/h2-8H,9H2,1H3,(H2,18,19,20). The molecule has 2 rings (SSSR count). The zero-order valence-corrected chi connectivity index (χ0v) is 12.8. The van der Waals surface area contributed by atoms with E-state index in [2.05, 4.69) is 10.6 Å². The van der Waals surface area contributed by atoms with Crippen LogP contribution in [-0.4, -0.2) is 12.8 Å². The summed E-state index contributed by atoms with van der Waals surface area (Å²) in [5.41, 5.74) is 1.62. The van der Waals surface area contributed by atoms with Crippen LogP contribution in [0.15, 0.2) is 42.5 Å². The number of nitrogens with one attached hydrogen (secondary N) is 2. The number of hydrogen-bond acceptors (Lipinski definition) is 2. The SMILES string of the molecule is Cc1ccc(OCNC(=O)Nc2ccc(Cl)cc2Cl)cc1. The fourth-order valence-corrected chi connectivity index (χ4v) is 2.03. The summed E-state index contributed by atoms with van der Waals surface area (Å²) < 4.78 is 5.39. The Labute approximate surface area is 133 Å². The number of ether oxygens (including phenoxy) is 1. The number of amides is 2. The second-order valence-corrected chi connectivity index (χ2v) is 5.20. The van der Waals surface area contributed by atoms with Crippen molar-refractivity contribution in [1.82, 2.24) is 5.32 Å². The van der Waals surface area contributed by atoms with Gasteiger partial charge in [-0.1, -0.05) is 40.9 Å². The average Bonchev–Trinajstić information content (AvgIpc) is 2.44. The molecule has 0 aliphatic rings. The molecule has 0 unspecified atom stereocenters. The lowest BCUT2D eigenvalue weighted by Gasteiger charge is -2.10. The number of halogens is 2. The number of anilines is 1. The maximum Gasteiger partial charge on any atom is 0.321 e. The van der Waals surface area contributed by atoms with E-state index in [1.54, 1.807) is 18.2 Å². The summed E-state index contributed by atoms with van der Waals surface area (Å²) in [7, 11) is 0.